The van der Waals surface area contributed by atoms with Crippen molar-refractivity contribution >= 4 is 24.2 Å². The third kappa shape index (κ3) is 2.32. The largest absolute Gasteiger partial charge is 0.176 e. The van der Waals surface area contributed by atoms with E-state index in [9.17, 15) is 0 Å². The van der Waals surface area contributed by atoms with Crippen molar-refractivity contribution in [2.24, 2.45) is 0 Å². The summed E-state index contributed by atoms with van der Waals surface area (Å²) in [6, 6.07) is 0. The predicted octanol–water partition coefficient (Wildman–Crippen LogP) is 1.40. The van der Waals surface area contributed by atoms with Crippen molar-refractivity contribution in [1.82, 2.24) is 9.59 Å². The molecule has 9 heavy (non-hydrogen) atoms. The molecule has 0 amide bonds. The van der Waals surface area contributed by atoms with Crippen LogP contribution in [-0.4, -0.2) is 14.8 Å². The van der Waals surface area contributed by atoms with Crippen LogP contribution in [0.15, 0.2) is 6.20 Å². The van der Waals surface area contributed by atoms with Gasteiger partial charge < -0.3 is 0 Å². The topological polar surface area (TPSA) is 25.8 Å². The van der Waals surface area contributed by atoms with Crippen LogP contribution in [0.3, 0.4) is 0 Å². The second kappa shape index (κ2) is 3.17. The molecule has 0 aliphatic heterocycles. The fraction of sp³-hybridized carbons (Fsp3) is 0.600. The van der Waals surface area contributed by atoms with Crippen LogP contribution in [-0.2, 0) is 6.42 Å². The zero-order chi connectivity index (χ0) is 6.69. The van der Waals surface area contributed by atoms with Crippen LogP contribution >= 0.6 is 24.2 Å². The molecule has 0 N–H and O–H groups in total. The van der Waals surface area contributed by atoms with E-state index in [2.05, 4.69) is 29.1 Å². The van der Waals surface area contributed by atoms with Crippen LogP contribution in [0.4, 0.5) is 0 Å². The summed E-state index contributed by atoms with van der Waals surface area (Å²) in [5, 5.41) is 4.12. The zero-order valence-corrected chi connectivity index (χ0v) is 6.82. The van der Waals surface area contributed by atoms with Crippen LogP contribution in [0.2, 0.25) is 0 Å². The summed E-state index contributed by atoms with van der Waals surface area (Å²) in [7, 11) is 0. The van der Waals surface area contributed by atoms with Gasteiger partial charge in [0.05, 0.1) is 6.20 Å². The van der Waals surface area contributed by atoms with Crippen LogP contribution in [0.1, 0.15) is 11.8 Å². The Balaban J connectivity index is 2.48. The molecule has 0 aliphatic carbocycles. The van der Waals surface area contributed by atoms with Crippen LogP contribution in [0, 0.1) is 0 Å². The lowest BCUT2D eigenvalue weighted by Gasteiger charge is -1.96. The predicted molar refractivity (Wildman–Crippen MR) is 42.1 cm³/mol. The highest BCUT2D eigenvalue weighted by atomic mass is 32.1. The molecule has 1 unspecified atom stereocenters. The highest BCUT2D eigenvalue weighted by Crippen LogP contribution is 2.08. The van der Waals surface area contributed by atoms with Gasteiger partial charge in [-0.05, 0) is 18.0 Å². The van der Waals surface area contributed by atoms with Gasteiger partial charge in [-0.25, -0.2) is 0 Å². The summed E-state index contributed by atoms with van der Waals surface area (Å²) in [6.45, 7) is 2.06. The summed E-state index contributed by atoms with van der Waals surface area (Å²) in [6.07, 6.45) is 2.76. The molecule has 1 aromatic heterocycles. The smallest absolute Gasteiger partial charge is 0.0653 e. The van der Waals surface area contributed by atoms with E-state index >= 15 is 0 Å². The fourth-order valence-corrected chi connectivity index (χ4v) is 1.51. The van der Waals surface area contributed by atoms with Crippen molar-refractivity contribution in [3.8, 4) is 0 Å². The van der Waals surface area contributed by atoms with Crippen molar-refractivity contribution in [3.63, 3.8) is 0 Å². The third-order valence-corrected chi connectivity index (χ3v) is 1.77. The Morgan fingerprint density at radius 3 is 3.11 bits per heavy atom. The molecule has 0 bridgehead atoms. The van der Waals surface area contributed by atoms with Gasteiger partial charge in [-0.3, -0.25) is 0 Å². The van der Waals surface area contributed by atoms with Gasteiger partial charge in [0.15, 0.2) is 0 Å². The molecule has 0 radical (unpaired) electrons. The molecule has 1 aromatic rings. The molecule has 1 heterocycles. The quantitative estimate of drug-likeness (QED) is 0.662. The van der Waals surface area contributed by atoms with E-state index in [1.165, 1.54) is 16.4 Å². The van der Waals surface area contributed by atoms with Gasteiger partial charge in [-0.1, -0.05) is 11.4 Å². The molecule has 0 aromatic carbocycles. The van der Waals surface area contributed by atoms with E-state index in [1.807, 2.05) is 0 Å². The third-order valence-electron chi connectivity index (χ3n) is 0.904. The van der Waals surface area contributed by atoms with Crippen molar-refractivity contribution in [2.75, 3.05) is 0 Å². The van der Waals surface area contributed by atoms with E-state index in [0.29, 0.717) is 5.25 Å². The number of nitrogens with zero attached hydrogens (tertiary/aromatic N) is 2. The van der Waals surface area contributed by atoms with E-state index in [-0.39, 0.29) is 0 Å². The lowest BCUT2D eigenvalue weighted by atomic mass is 10.3. The monoisotopic (exact) mass is 160 g/mol. The van der Waals surface area contributed by atoms with Crippen molar-refractivity contribution in [3.05, 3.63) is 11.1 Å². The molecule has 1 rings (SSSR count). The van der Waals surface area contributed by atoms with Crippen LogP contribution < -0.4 is 0 Å². The van der Waals surface area contributed by atoms with Gasteiger partial charge in [-0.15, -0.1) is 5.10 Å². The average molecular weight is 160 g/mol. The molecule has 0 spiro atoms. The maximum Gasteiger partial charge on any atom is 0.0653 e. The summed E-state index contributed by atoms with van der Waals surface area (Å²) >= 11 is 5.68. The Labute approximate surface area is 63.9 Å². The number of thiol groups is 1. The average Bonchev–Trinajstić information content (AvgIpc) is 2.15. The molecule has 0 aliphatic rings. The van der Waals surface area contributed by atoms with Crippen molar-refractivity contribution in [2.45, 2.75) is 18.6 Å². The van der Waals surface area contributed by atoms with Crippen molar-refractivity contribution < 1.29 is 0 Å². The first-order valence-electron chi connectivity index (χ1n) is 2.73. The molecular formula is C5H8N2S2. The SMILES string of the molecule is CC(S)Cc1cnns1. The number of rotatable bonds is 2. The molecule has 0 saturated heterocycles. The van der Waals surface area contributed by atoms with Gasteiger partial charge in [0.2, 0.25) is 0 Å². The molecule has 0 fully saturated rings. The molecule has 1 atom stereocenters. The summed E-state index contributed by atoms with van der Waals surface area (Å²) in [5.74, 6) is 0. The summed E-state index contributed by atoms with van der Waals surface area (Å²) in [5.41, 5.74) is 0. The highest BCUT2D eigenvalue weighted by molar-refractivity contribution is 7.80. The molecule has 0 saturated carbocycles. The lowest BCUT2D eigenvalue weighted by Crippen LogP contribution is -1.93. The first-order chi connectivity index (χ1) is 4.29. The lowest BCUT2D eigenvalue weighted by molar-refractivity contribution is 0.964. The van der Waals surface area contributed by atoms with Gasteiger partial charge in [-0.2, -0.15) is 12.6 Å². The summed E-state index contributed by atoms with van der Waals surface area (Å²) in [4.78, 5) is 1.21. The standard InChI is InChI=1S/C5H8N2S2/c1-4(8)2-5-3-6-7-9-5/h3-4,8H,2H2,1H3. The second-order valence-electron chi connectivity index (χ2n) is 1.94. The second-order valence-corrected chi connectivity index (χ2v) is 3.69. The van der Waals surface area contributed by atoms with Crippen LogP contribution in [0.25, 0.3) is 0 Å². The maximum absolute atomic E-state index is 4.24. The van der Waals surface area contributed by atoms with E-state index < -0.39 is 0 Å². The molecule has 2 nitrogen and oxygen atoms in total. The van der Waals surface area contributed by atoms with Gasteiger partial charge in [0.1, 0.15) is 0 Å². The number of hydrogen-bond acceptors (Lipinski definition) is 4. The first kappa shape index (κ1) is 7.02. The maximum atomic E-state index is 4.24. The molecular weight excluding hydrogens is 152 g/mol. The summed E-state index contributed by atoms with van der Waals surface area (Å²) < 4.78 is 3.73. The zero-order valence-electron chi connectivity index (χ0n) is 5.11. The van der Waals surface area contributed by atoms with E-state index in [1.54, 1.807) is 6.20 Å². The Kier molecular flexibility index (Phi) is 2.48. The minimum absolute atomic E-state index is 0.409. The van der Waals surface area contributed by atoms with Gasteiger partial charge in [0.25, 0.3) is 0 Å². The van der Waals surface area contributed by atoms with Crippen molar-refractivity contribution in [1.29, 1.82) is 0 Å². The molecule has 4 heteroatoms. The normalized spacial score (nSPS) is 13.6. The van der Waals surface area contributed by atoms with Crippen LogP contribution in [0.5, 0.6) is 0 Å². The Morgan fingerprint density at radius 1 is 1.89 bits per heavy atom. The van der Waals surface area contributed by atoms with Gasteiger partial charge in [0, 0.05) is 10.1 Å². The van der Waals surface area contributed by atoms with E-state index in [0.717, 1.165) is 6.42 Å². The minimum Gasteiger partial charge on any atom is -0.176 e. The number of hydrogen-bond donors (Lipinski definition) is 1. The highest BCUT2D eigenvalue weighted by Gasteiger charge is 1.98. The molecule has 50 valence electrons. The Morgan fingerprint density at radius 2 is 2.67 bits per heavy atom. The number of aromatic nitrogens is 2. The fourth-order valence-electron chi connectivity index (χ4n) is 0.569. The minimum atomic E-state index is 0.409. The Bertz CT molecular complexity index is 159. The van der Waals surface area contributed by atoms with Gasteiger partial charge >= 0.3 is 0 Å². The van der Waals surface area contributed by atoms with E-state index in [4.69, 9.17) is 0 Å². The Hall–Kier alpha value is -0.0900. The first-order valence-corrected chi connectivity index (χ1v) is 4.02.